The number of nitrogens with one attached hydrogen (secondary N) is 1. The van der Waals surface area contributed by atoms with Crippen molar-refractivity contribution < 1.29 is 23.1 Å². The number of rotatable bonds is 6. The summed E-state index contributed by atoms with van der Waals surface area (Å²) in [7, 11) is -4.21. The van der Waals surface area contributed by atoms with Crippen LogP contribution in [0.15, 0.2) is 29.3 Å². The molecule has 0 saturated carbocycles. The van der Waals surface area contributed by atoms with Crippen molar-refractivity contribution in [2.45, 2.75) is 57.7 Å². The molecule has 0 aliphatic carbocycles. The lowest BCUT2D eigenvalue weighted by Gasteiger charge is -2.42. The summed E-state index contributed by atoms with van der Waals surface area (Å²) in [5.74, 6) is 0.250. The molecule has 0 spiro atoms. The number of aryl methyl sites for hydroxylation is 1. The van der Waals surface area contributed by atoms with Gasteiger partial charge in [0.1, 0.15) is 16.7 Å². The van der Waals surface area contributed by atoms with E-state index in [9.17, 15) is 18.5 Å². The van der Waals surface area contributed by atoms with Crippen molar-refractivity contribution in [3.05, 3.63) is 29.5 Å². The molecule has 2 N–H and O–H groups in total. The quantitative estimate of drug-likeness (QED) is 0.637. The standard InChI is InChI=1S/C20H24ClN5O5S/c1-5-25-10-17(18(21)24-25)32(29,30)26-12(2)16(9-20(3,4)11-22)31-15-7-6-13(8-14(15)26)23-19(27)28/h6-8,10,12,16,23H,5,9H2,1-4H3,(H,27,28)/t12-,16+/m0/s1. The number of benzene rings is 1. The van der Waals surface area contributed by atoms with E-state index in [2.05, 4.69) is 16.5 Å². The van der Waals surface area contributed by atoms with Crippen molar-refractivity contribution in [2.75, 3.05) is 9.62 Å². The predicted molar refractivity (Wildman–Crippen MR) is 119 cm³/mol. The van der Waals surface area contributed by atoms with Crippen LogP contribution in [0, 0.1) is 16.7 Å². The van der Waals surface area contributed by atoms with Gasteiger partial charge in [-0.1, -0.05) is 11.6 Å². The van der Waals surface area contributed by atoms with Crippen molar-refractivity contribution >= 4 is 39.1 Å². The molecular weight excluding hydrogens is 458 g/mol. The van der Waals surface area contributed by atoms with E-state index >= 15 is 0 Å². The number of ether oxygens (including phenoxy) is 1. The normalized spacial score (nSPS) is 18.4. The topological polar surface area (TPSA) is 138 Å². The van der Waals surface area contributed by atoms with E-state index in [0.29, 0.717) is 6.54 Å². The number of hydrogen-bond acceptors (Lipinski definition) is 6. The third-order valence-electron chi connectivity index (χ3n) is 5.19. The summed E-state index contributed by atoms with van der Waals surface area (Å²) < 4.78 is 36.2. The highest BCUT2D eigenvalue weighted by Gasteiger charge is 2.43. The molecule has 1 aliphatic rings. The van der Waals surface area contributed by atoms with Crippen LogP contribution >= 0.6 is 11.6 Å². The van der Waals surface area contributed by atoms with Gasteiger partial charge in [0.2, 0.25) is 0 Å². The molecule has 10 nitrogen and oxygen atoms in total. The molecule has 1 aromatic heterocycles. The average molecular weight is 482 g/mol. The summed E-state index contributed by atoms with van der Waals surface area (Å²) in [6.45, 7) is 7.40. The Bertz CT molecular complexity index is 1190. The molecule has 0 fully saturated rings. The minimum absolute atomic E-state index is 0.162. The molecule has 32 heavy (non-hydrogen) atoms. The van der Waals surface area contributed by atoms with Crippen molar-refractivity contribution in [3.63, 3.8) is 0 Å². The molecule has 1 amide bonds. The first-order chi connectivity index (χ1) is 14.9. The molecular formula is C20H24ClN5O5S. The monoisotopic (exact) mass is 481 g/mol. The molecule has 12 heteroatoms. The first kappa shape index (κ1) is 23.7. The Labute approximate surface area is 191 Å². The van der Waals surface area contributed by atoms with Gasteiger partial charge in [-0.05, 0) is 45.9 Å². The number of nitriles is 1. The second-order valence-corrected chi connectivity index (χ2v) is 10.3. The van der Waals surface area contributed by atoms with Gasteiger partial charge in [-0.3, -0.25) is 14.3 Å². The zero-order valence-corrected chi connectivity index (χ0v) is 19.6. The summed E-state index contributed by atoms with van der Waals surface area (Å²) >= 11 is 6.17. The van der Waals surface area contributed by atoms with E-state index in [1.54, 1.807) is 27.7 Å². The summed E-state index contributed by atoms with van der Waals surface area (Å²) in [6, 6.07) is 5.85. The molecule has 0 unspecified atom stereocenters. The van der Waals surface area contributed by atoms with Gasteiger partial charge in [-0.2, -0.15) is 10.4 Å². The SMILES string of the molecule is CCn1cc(S(=O)(=O)N2c3cc(NC(=O)O)ccc3O[C@H](CC(C)(C)C#N)[C@@H]2C)c(Cl)n1. The van der Waals surface area contributed by atoms with Crippen molar-refractivity contribution in [3.8, 4) is 11.8 Å². The van der Waals surface area contributed by atoms with Crippen LogP contribution in [0.5, 0.6) is 5.75 Å². The van der Waals surface area contributed by atoms with E-state index in [1.165, 1.54) is 33.4 Å². The summed E-state index contributed by atoms with van der Waals surface area (Å²) in [4.78, 5) is 10.9. The number of nitrogens with zero attached hydrogens (tertiary/aromatic N) is 4. The lowest BCUT2D eigenvalue weighted by atomic mass is 9.86. The Morgan fingerprint density at radius 2 is 2.12 bits per heavy atom. The molecule has 0 radical (unpaired) electrons. The number of sulfonamides is 1. The average Bonchev–Trinajstić information content (AvgIpc) is 3.10. The van der Waals surface area contributed by atoms with E-state index in [1.807, 2.05) is 0 Å². The van der Waals surface area contributed by atoms with Gasteiger partial charge in [0.15, 0.2) is 5.15 Å². The molecule has 3 rings (SSSR count). The first-order valence-electron chi connectivity index (χ1n) is 9.89. The Morgan fingerprint density at radius 3 is 2.69 bits per heavy atom. The van der Waals surface area contributed by atoms with Crippen LogP contribution in [0.25, 0.3) is 0 Å². The Hall–Kier alpha value is -2.97. The summed E-state index contributed by atoms with van der Waals surface area (Å²) in [5, 5.41) is 24.6. The van der Waals surface area contributed by atoms with Crippen LogP contribution in [0.1, 0.15) is 34.1 Å². The van der Waals surface area contributed by atoms with E-state index in [4.69, 9.17) is 21.4 Å². The molecule has 0 bridgehead atoms. The second kappa shape index (κ2) is 8.52. The third kappa shape index (κ3) is 4.47. The maximum absolute atomic E-state index is 13.8. The highest BCUT2D eigenvalue weighted by molar-refractivity contribution is 7.93. The highest BCUT2D eigenvalue weighted by Crippen LogP contribution is 2.44. The fraction of sp³-hybridized carbons (Fsp3) is 0.450. The molecule has 2 aromatic rings. The molecule has 1 aromatic carbocycles. The van der Waals surface area contributed by atoms with Crippen molar-refractivity contribution in [1.29, 1.82) is 5.26 Å². The maximum Gasteiger partial charge on any atom is 0.409 e. The van der Waals surface area contributed by atoms with Gasteiger partial charge in [0, 0.05) is 24.8 Å². The number of hydrogen-bond donors (Lipinski definition) is 2. The van der Waals surface area contributed by atoms with Crippen LogP contribution in [-0.2, 0) is 16.6 Å². The number of aromatic nitrogens is 2. The van der Waals surface area contributed by atoms with Crippen LogP contribution in [0.3, 0.4) is 0 Å². The molecule has 1 aliphatic heterocycles. The first-order valence-corrected chi connectivity index (χ1v) is 11.7. The van der Waals surface area contributed by atoms with Crippen LogP contribution in [-0.4, -0.2) is 41.5 Å². The second-order valence-electron chi connectivity index (χ2n) is 8.15. The van der Waals surface area contributed by atoms with E-state index in [-0.39, 0.29) is 33.6 Å². The van der Waals surface area contributed by atoms with Crippen molar-refractivity contribution in [2.24, 2.45) is 5.41 Å². The van der Waals surface area contributed by atoms with Crippen molar-refractivity contribution in [1.82, 2.24) is 9.78 Å². The smallest absolute Gasteiger partial charge is 0.409 e. The van der Waals surface area contributed by atoms with Gasteiger partial charge < -0.3 is 9.84 Å². The molecule has 2 heterocycles. The number of carboxylic acid groups (broad SMARTS) is 1. The molecule has 2 atom stereocenters. The predicted octanol–water partition coefficient (Wildman–Crippen LogP) is 3.93. The third-order valence-corrected chi connectivity index (χ3v) is 7.49. The number of anilines is 2. The van der Waals surface area contributed by atoms with Crippen LogP contribution in [0.2, 0.25) is 5.15 Å². The Balaban J connectivity index is 2.17. The summed E-state index contributed by atoms with van der Waals surface area (Å²) in [5.41, 5.74) is -0.421. The Kier molecular flexibility index (Phi) is 6.31. The lowest BCUT2D eigenvalue weighted by molar-refractivity contribution is 0.127. The van der Waals surface area contributed by atoms with Gasteiger partial charge >= 0.3 is 6.09 Å². The van der Waals surface area contributed by atoms with Gasteiger partial charge in [0.25, 0.3) is 10.0 Å². The molecule has 0 saturated heterocycles. The number of fused-ring (bicyclic) bond motifs is 1. The zero-order valence-electron chi connectivity index (χ0n) is 18.0. The highest BCUT2D eigenvalue weighted by atomic mass is 35.5. The lowest BCUT2D eigenvalue weighted by Crippen LogP contribution is -2.51. The largest absolute Gasteiger partial charge is 0.486 e. The van der Waals surface area contributed by atoms with Gasteiger partial charge in [-0.15, -0.1) is 0 Å². The van der Waals surface area contributed by atoms with Crippen LogP contribution < -0.4 is 14.4 Å². The minimum Gasteiger partial charge on any atom is -0.486 e. The number of halogens is 1. The fourth-order valence-electron chi connectivity index (χ4n) is 3.55. The molecule has 172 valence electrons. The Morgan fingerprint density at radius 1 is 1.44 bits per heavy atom. The minimum atomic E-state index is -4.21. The van der Waals surface area contributed by atoms with E-state index < -0.39 is 33.7 Å². The number of amides is 1. The summed E-state index contributed by atoms with van der Waals surface area (Å²) in [6.07, 6.45) is -0.296. The zero-order chi connectivity index (χ0) is 23.8. The fourth-order valence-corrected chi connectivity index (χ4v) is 5.69. The van der Waals surface area contributed by atoms with E-state index in [0.717, 1.165) is 0 Å². The van der Waals surface area contributed by atoms with Gasteiger partial charge in [0.05, 0.1) is 23.2 Å². The number of carbonyl (C=O) groups is 1. The van der Waals surface area contributed by atoms with Gasteiger partial charge in [-0.25, -0.2) is 13.2 Å². The maximum atomic E-state index is 13.8. The van der Waals surface area contributed by atoms with Crippen LogP contribution in [0.4, 0.5) is 16.2 Å².